The lowest BCUT2D eigenvalue weighted by atomic mass is 9.97. The molecule has 0 unspecified atom stereocenters. The molecule has 1 aromatic carbocycles. The second-order valence-electron chi connectivity index (χ2n) is 5.76. The van der Waals surface area contributed by atoms with Gasteiger partial charge in [-0.15, -0.1) is 0 Å². The molecule has 1 aliphatic heterocycles. The van der Waals surface area contributed by atoms with Gasteiger partial charge in [-0.05, 0) is 50.7 Å². The average molecular weight is 258 g/mol. The maximum Gasteiger partial charge on any atom is 0.124 e. The Morgan fingerprint density at radius 1 is 1.42 bits per heavy atom. The van der Waals surface area contributed by atoms with E-state index in [0.29, 0.717) is 6.04 Å². The summed E-state index contributed by atoms with van der Waals surface area (Å²) in [5, 5.41) is 1.000. The van der Waals surface area contributed by atoms with Gasteiger partial charge in [0.15, 0.2) is 0 Å². The molecule has 1 aromatic heterocycles. The monoisotopic (exact) mass is 258 g/mol. The SMILES string of the molecule is C=C(C)c1cn2c3c(cc(F)cc13)C[C@@H](N(C)C)C2. The molecule has 19 heavy (non-hydrogen) atoms. The number of halogens is 1. The summed E-state index contributed by atoms with van der Waals surface area (Å²) in [6.07, 6.45) is 3.02. The van der Waals surface area contributed by atoms with Crippen molar-refractivity contribution in [1.82, 2.24) is 9.47 Å². The van der Waals surface area contributed by atoms with Gasteiger partial charge in [0.05, 0.1) is 5.52 Å². The Hall–Kier alpha value is -1.61. The molecule has 0 spiro atoms. The van der Waals surface area contributed by atoms with Crippen LogP contribution in [0.2, 0.25) is 0 Å². The van der Waals surface area contributed by atoms with E-state index < -0.39 is 0 Å². The number of hydrogen-bond acceptors (Lipinski definition) is 1. The van der Waals surface area contributed by atoms with Gasteiger partial charge >= 0.3 is 0 Å². The Labute approximate surface area is 113 Å². The molecule has 0 bridgehead atoms. The topological polar surface area (TPSA) is 8.17 Å². The minimum absolute atomic E-state index is 0.151. The van der Waals surface area contributed by atoms with E-state index in [1.54, 1.807) is 12.1 Å². The smallest absolute Gasteiger partial charge is 0.124 e. The number of nitrogens with zero attached hydrogens (tertiary/aromatic N) is 2. The van der Waals surface area contributed by atoms with E-state index in [-0.39, 0.29) is 5.82 Å². The maximum atomic E-state index is 13.8. The predicted octanol–water partition coefficient (Wildman–Crippen LogP) is 3.30. The van der Waals surface area contributed by atoms with Crippen LogP contribution in [0.15, 0.2) is 24.9 Å². The van der Waals surface area contributed by atoms with Gasteiger partial charge in [0, 0.05) is 29.7 Å². The van der Waals surface area contributed by atoms with Gasteiger partial charge < -0.3 is 9.47 Å². The maximum absolute atomic E-state index is 13.8. The fourth-order valence-corrected chi connectivity index (χ4v) is 3.02. The third-order valence-electron chi connectivity index (χ3n) is 4.07. The first kappa shape index (κ1) is 12.4. The Morgan fingerprint density at radius 3 is 2.79 bits per heavy atom. The largest absolute Gasteiger partial charge is 0.345 e. The number of allylic oxidation sites excluding steroid dienone is 1. The summed E-state index contributed by atoms with van der Waals surface area (Å²) in [5.41, 5.74) is 4.34. The highest BCUT2D eigenvalue weighted by molar-refractivity contribution is 5.94. The van der Waals surface area contributed by atoms with Gasteiger partial charge in [-0.25, -0.2) is 4.39 Å². The highest BCUT2D eigenvalue weighted by Gasteiger charge is 2.24. The van der Waals surface area contributed by atoms with Gasteiger partial charge in [0.2, 0.25) is 0 Å². The van der Waals surface area contributed by atoms with Crippen LogP contribution in [0.25, 0.3) is 16.5 Å². The lowest BCUT2D eigenvalue weighted by molar-refractivity contribution is 0.258. The lowest BCUT2D eigenvalue weighted by Crippen LogP contribution is -2.36. The molecule has 0 N–H and O–H groups in total. The number of aromatic nitrogens is 1. The first-order valence-electron chi connectivity index (χ1n) is 6.61. The Balaban J connectivity index is 2.26. The van der Waals surface area contributed by atoms with Crippen molar-refractivity contribution in [3.05, 3.63) is 41.9 Å². The lowest BCUT2D eigenvalue weighted by Gasteiger charge is -2.29. The quantitative estimate of drug-likeness (QED) is 0.802. The summed E-state index contributed by atoms with van der Waals surface area (Å²) in [6.45, 7) is 6.94. The van der Waals surface area contributed by atoms with Crippen LogP contribution in [-0.2, 0) is 13.0 Å². The summed E-state index contributed by atoms with van der Waals surface area (Å²) in [5.74, 6) is -0.151. The summed E-state index contributed by atoms with van der Waals surface area (Å²) in [4.78, 5) is 2.21. The second kappa shape index (κ2) is 4.20. The van der Waals surface area contributed by atoms with Gasteiger partial charge in [0.1, 0.15) is 5.82 Å². The van der Waals surface area contributed by atoms with Crippen LogP contribution in [0.3, 0.4) is 0 Å². The van der Waals surface area contributed by atoms with Crippen molar-refractivity contribution in [1.29, 1.82) is 0 Å². The summed E-state index contributed by atoms with van der Waals surface area (Å²) in [6, 6.07) is 3.73. The van der Waals surface area contributed by atoms with Crippen molar-refractivity contribution in [2.45, 2.75) is 25.9 Å². The molecule has 3 rings (SSSR count). The molecule has 0 aliphatic carbocycles. The normalized spacial score (nSPS) is 18.3. The van der Waals surface area contributed by atoms with Gasteiger partial charge in [0.25, 0.3) is 0 Å². The van der Waals surface area contributed by atoms with E-state index in [1.807, 2.05) is 6.92 Å². The number of rotatable bonds is 2. The molecule has 2 heterocycles. The molecule has 100 valence electrons. The predicted molar refractivity (Wildman–Crippen MR) is 77.8 cm³/mol. The highest BCUT2D eigenvalue weighted by Crippen LogP contribution is 2.33. The molecule has 0 saturated carbocycles. The molecule has 1 atom stereocenters. The highest BCUT2D eigenvalue weighted by atomic mass is 19.1. The van der Waals surface area contributed by atoms with Gasteiger partial charge in [-0.2, -0.15) is 0 Å². The van der Waals surface area contributed by atoms with Crippen molar-refractivity contribution >= 4 is 16.5 Å². The standard InChI is InChI=1S/C16H19FN2/c1-10(2)15-9-19-8-13(18(3)4)6-11-5-12(17)7-14(15)16(11)19/h5,7,9,13H,1,6,8H2,2-4H3/t13-/m1/s1. The molecule has 0 saturated heterocycles. The molecule has 0 radical (unpaired) electrons. The zero-order valence-corrected chi connectivity index (χ0v) is 11.7. The summed E-state index contributed by atoms with van der Waals surface area (Å²) < 4.78 is 16.1. The van der Waals surface area contributed by atoms with Gasteiger partial charge in [-0.1, -0.05) is 6.58 Å². The third-order valence-corrected chi connectivity index (χ3v) is 4.07. The van der Waals surface area contributed by atoms with Crippen molar-refractivity contribution in [2.24, 2.45) is 0 Å². The second-order valence-corrected chi connectivity index (χ2v) is 5.76. The number of benzene rings is 1. The van der Waals surface area contributed by atoms with Crippen molar-refractivity contribution in [3.63, 3.8) is 0 Å². The van der Waals surface area contributed by atoms with E-state index in [1.165, 1.54) is 5.52 Å². The van der Waals surface area contributed by atoms with Crippen LogP contribution < -0.4 is 0 Å². The van der Waals surface area contributed by atoms with E-state index in [2.05, 4.69) is 36.3 Å². The fourth-order valence-electron chi connectivity index (χ4n) is 3.02. The van der Waals surface area contributed by atoms with E-state index in [4.69, 9.17) is 0 Å². The molecule has 2 nitrogen and oxygen atoms in total. The molecule has 0 amide bonds. The molecular weight excluding hydrogens is 239 g/mol. The van der Waals surface area contributed by atoms with Crippen LogP contribution in [0.1, 0.15) is 18.1 Å². The average Bonchev–Trinajstić information content (AvgIpc) is 2.68. The molecular formula is C16H19FN2. The van der Waals surface area contributed by atoms with Crippen LogP contribution in [0.4, 0.5) is 4.39 Å². The van der Waals surface area contributed by atoms with E-state index >= 15 is 0 Å². The first-order valence-corrected chi connectivity index (χ1v) is 6.61. The van der Waals surface area contributed by atoms with E-state index in [0.717, 1.165) is 35.1 Å². The van der Waals surface area contributed by atoms with E-state index in [9.17, 15) is 4.39 Å². The minimum Gasteiger partial charge on any atom is -0.345 e. The van der Waals surface area contributed by atoms with Gasteiger partial charge in [-0.3, -0.25) is 0 Å². The Morgan fingerprint density at radius 2 is 2.16 bits per heavy atom. The molecule has 1 aliphatic rings. The fraction of sp³-hybridized carbons (Fsp3) is 0.375. The zero-order valence-electron chi connectivity index (χ0n) is 11.7. The number of likely N-dealkylation sites (N-methyl/N-ethyl adjacent to an activating group) is 1. The van der Waals surface area contributed by atoms with Crippen LogP contribution in [-0.4, -0.2) is 29.6 Å². The van der Waals surface area contributed by atoms with Crippen LogP contribution >= 0.6 is 0 Å². The van der Waals surface area contributed by atoms with Crippen LogP contribution in [0.5, 0.6) is 0 Å². The minimum atomic E-state index is -0.151. The Kier molecular flexibility index (Phi) is 2.75. The Bertz CT molecular complexity index is 667. The molecule has 2 aromatic rings. The first-order chi connectivity index (χ1) is 8.97. The molecule has 3 heteroatoms. The summed E-state index contributed by atoms with van der Waals surface area (Å²) >= 11 is 0. The summed E-state index contributed by atoms with van der Waals surface area (Å²) in [7, 11) is 4.16. The van der Waals surface area contributed by atoms with Crippen molar-refractivity contribution in [3.8, 4) is 0 Å². The number of hydrogen-bond donors (Lipinski definition) is 0. The molecule has 0 fully saturated rings. The zero-order chi connectivity index (χ0) is 13.7. The van der Waals surface area contributed by atoms with Crippen molar-refractivity contribution in [2.75, 3.05) is 14.1 Å². The van der Waals surface area contributed by atoms with Crippen molar-refractivity contribution < 1.29 is 4.39 Å². The van der Waals surface area contributed by atoms with Crippen LogP contribution in [0, 0.1) is 5.82 Å². The third kappa shape index (κ3) is 1.89.